The van der Waals surface area contributed by atoms with Gasteiger partial charge < -0.3 is 4.74 Å². The second-order valence-electron chi connectivity index (χ2n) is 3.86. The summed E-state index contributed by atoms with van der Waals surface area (Å²) in [6, 6.07) is 14.1. The molecule has 2 nitrogen and oxygen atoms in total. The zero-order chi connectivity index (χ0) is 13.7. The van der Waals surface area contributed by atoms with Gasteiger partial charge in [-0.2, -0.15) is 5.26 Å². The third kappa shape index (κ3) is 3.49. The molecule has 0 saturated carbocycles. The van der Waals surface area contributed by atoms with Crippen LogP contribution in [0.2, 0.25) is 0 Å². The van der Waals surface area contributed by atoms with E-state index in [4.69, 9.17) is 10.00 Å². The van der Waals surface area contributed by atoms with E-state index in [2.05, 4.69) is 6.07 Å². The second-order valence-corrected chi connectivity index (χ2v) is 4.98. The van der Waals surface area contributed by atoms with Gasteiger partial charge >= 0.3 is 0 Å². The lowest BCUT2D eigenvalue weighted by Gasteiger charge is -2.09. The molecule has 0 heterocycles. The lowest BCUT2D eigenvalue weighted by Crippen LogP contribution is -1.90. The van der Waals surface area contributed by atoms with Crippen LogP contribution in [-0.4, -0.2) is 7.11 Å². The van der Waals surface area contributed by atoms with Gasteiger partial charge in [-0.25, -0.2) is 4.39 Å². The minimum Gasteiger partial charge on any atom is -0.497 e. The fourth-order valence-electron chi connectivity index (χ4n) is 1.64. The Kier molecular flexibility index (Phi) is 4.43. The Morgan fingerprint density at radius 2 is 1.95 bits per heavy atom. The van der Waals surface area contributed by atoms with E-state index in [1.807, 2.05) is 18.2 Å². The molecule has 0 N–H and O–H groups in total. The van der Waals surface area contributed by atoms with Crippen molar-refractivity contribution in [3.05, 3.63) is 53.8 Å². The molecule has 2 aromatic carbocycles. The molecular formula is C15H12FNOS. The predicted molar refractivity (Wildman–Crippen MR) is 72.8 cm³/mol. The average Bonchev–Trinajstić information content (AvgIpc) is 2.43. The van der Waals surface area contributed by atoms with Gasteiger partial charge in [0.1, 0.15) is 11.6 Å². The fraction of sp³-hybridized carbons (Fsp3) is 0.133. The summed E-state index contributed by atoms with van der Waals surface area (Å²) in [6.07, 6.45) is 0.320. The van der Waals surface area contributed by atoms with Crippen molar-refractivity contribution in [1.29, 1.82) is 5.26 Å². The minimum absolute atomic E-state index is 0.253. The Hall–Kier alpha value is -1.99. The van der Waals surface area contributed by atoms with Crippen LogP contribution in [0.25, 0.3) is 0 Å². The molecular weight excluding hydrogens is 261 g/mol. The standard InChI is InChI=1S/C15H12FNOS/c1-18-13-4-7-15(11(10-13)8-9-17)19-14-5-2-12(16)3-6-14/h2-7,10H,8H2,1H3. The Balaban J connectivity index is 2.28. The molecule has 19 heavy (non-hydrogen) atoms. The Bertz CT molecular complexity index is 605. The fourth-order valence-corrected chi connectivity index (χ4v) is 2.56. The van der Waals surface area contributed by atoms with Crippen LogP contribution >= 0.6 is 11.8 Å². The minimum atomic E-state index is -0.253. The first-order valence-electron chi connectivity index (χ1n) is 5.70. The molecule has 0 aromatic heterocycles. The number of halogens is 1. The lowest BCUT2D eigenvalue weighted by molar-refractivity contribution is 0.414. The van der Waals surface area contributed by atoms with Crippen molar-refractivity contribution in [3.8, 4) is 11.8 Å². The van der Waals surface area contributed by atoms with Crippen molar-refractivity contribution < 1.29 is 9.13 Å². The molecule has 0 aliphatic heterocycles. The first-order chi connectivity index (χ1) is 9.22. The van der Waals surface area contributed by atoms with Crippen LogP contribution < -0.4 is 4.74 Å². The molecule has 0 amide bonds. The Morgan fingerprint density at radius 1 is 1.21 bits per heavy atom. The van der Waals surface area contributed by atoms with Gasteiger partial charge in [-0.1, -0.05) is 11.8 Å². The summed E-state index contributed by atoms with van der Waals surface area (Å²) in [5, 5.41) is 8.86. The molecule has 0 unspecified atom stereocenters. The summed E-state index contributed by atoms with van der Waals surface area (Å²) in [5.41, 5.74) is 0.913. The summed E-state index contributed by atoms with van der Waals surface area (Å²) in [4.78, 5) is 1.92. The van der Waals surface area contributed by atoms with E-state index in [9.17, 15) is 4.39 Å². The lowest BCUT2D eigenvalue weighted by atomic mass is 10.1. The highest BCUT2D eigenvalue weighted by molar-refractivity contribution is 7.99. The number of benzene rings is 2. The average molecular weight is 273 g/mol. The quantitative estimate of drug-likeness (QED) is 0.842. The summed E-state index contributed by atoms with van der Waals surface area (Å²) in [6.45, 7) is 0. The summed E-state index contributed by atoms with van der Waals surface area (Å²) in [5.74, 6) is 0.477. The van der Waals surface area contributed by atoms with E-state index in [1.54, 1.807) is 19.2 Å². The molecule has 2 aromatic rings. The number of rotatable bonds is 4. The van der Waals surface area contributed by atoms with E-state index in [0.717, 1.165) is 21.1 Å². The molecule has 0 saturated heterocycles. The van der Waals surface area contributed by atoms with Crippen LogP contribution in [0.3, 0.4) is 0 Å². The Morgan fingerprint density at radius 3 is 2.58 bits per heavy atom. The van der Waals surface area contributed by atoms with Crippen LogP contribution in [0.5, 0.6) is 5.75 Å². The molecule has 0 atom stereocenters. The first kappa shape index (κ1) is 13.4. The zero-order valence-electron chi connectivity index (χ0n) is 10.4. The molecule has 0 aliphatic rings. The normalized spacial score (nSPS) is 9.95. The highest BCUT2D eigenvalue weighted by Gasteiger charge is 2.06. The van der Waals surface area contributed by atoms with Crippen LogP contribution in [0.1, 0.15) is 5.56 Å². The molecule has 2 rings (SSSR count). The summed E-state index contributed by atoms with van der Waals surface area (Å²) in [7, 11) is 1.60. The van der Waals surface area contributed by atoms with Crippen LogP contribution in [0.15, 0.2) is 52.3 Å². The van der Waals surface area contributed by atoms with Crippen molar-refractivity contribution in [2.75, 3.05) is 7.11 Å². The number of hydrogen-bond donors (Lipinski definition) is 0. The van der Waals surface area contributed by atoms with Gasteiger partial charge in [0, 0.05) is 9.79 Å². The molecule has 0 radical (unpaired) electrons. The van der Waals surface area contributed by atoms with Gasteiger partial charge in [-0.15, -0.1) is 0 Å². The number of methoxy groups -OCH3 is 1. The van der Waals surface area contributed by atoms with Crippen molar-refractivity contribution in [2.45, 2.75) is 16.2 Å². The van der Waals surface area contributed by atoms with Gasteiger partial charge in [-0.05, 0) is 48.0 Å². The summed E-state index contributed by atoms with van der Waals surface area (Å²) < 4.78 is 18.0. The number of hydrogen-bond acceptors (Lipinski definition) is 3. The maximum Gasteiger partial charge on any atom is 0.123 e. The largest absolute Gasteiger partial charge is 0.497 e. The van der Waals surface area contributed by atoms with Crippen LogP contribution in [-0.2, 0) is 6.42 Å². The topological polar surface area (TPSA) is 33.0 Å². The SMILES string of the molecule is COc1ccc(Sc2ccc(F)cc2)c(CC#N)c1. The van der Waals surface area contributed by atoms with Gasteiger partial charge in [0.25, 0.3) is 0 Å². The molecule has 0 bridgehead atoms. The maximum atomic E-state index is 12.9. The van der Waals surface area contributed by atoms with Gasteiger partial charge in [0.15, 0.2) is 0 Å². The number of nitrogens with zero attached hydrogens (tertiary/aromatic N) is 1. The van der Waals surface area contributed by atoms with E-state index >= 15 is 0 Å². The zero-order valence-corrected chi connectivity index (χ0v) is 11.2. The first-order valence-corrected chi connectivity index (χ1v) is 6.52. The molecule has 0 aliphatic carbocycles. The maximum absolute atomic E-state index is 12.9. The van der Waals surface area contributed by atoms with Crippen molar-refractivity contribution in [2.24, 2.45) is 0 Å². The van der Waals surface area contributed by atoms with Crippen molar-refractivity contribution in [3.63, 3.8) is 0 Å². The second kappa shape index (κ2) is 6.26. The predicted octanol–water partition coefficient (Wildman–Crippen LogP) is 4.05. The van der Waals surface area contributed by atoms with Crippen molar-refractivity contribution in [1.82, 2.24) is 0 Å². The van der Waals surface area contributed by atoms with E-state index in [-0.39, 0.29) is 5.82 Å². The molecule has 96 valence electrons. The highest BCUT2D eigenvalue weighted by Crippen LogP contribution is 2.32. The van der Waals surface area contributed by atoms with Gasteiger partial charge in [0.2, 0.25) is 0 Å². The third-order valence-electron chi connectivity index (χ3n) is 2.58. The molecule has 4 heteroatoms. The van der Waals surface area contributed by atoms with Crippen molar-refractivity contribution >= 4 is 11.8 Å². The molecule has 0 fully saturated rings. The number of nitriles is 1. The summed E-state index contributed by atoms with van der Waals surface area (Å²) >= 11 is 1.51. The van der Waals surface area contributed by atoms with E-state index < -0.39 is 0 Å². The van der Waals surface area contributed by atoms with E-state index in [0.29, 0.717) is 6.42 Å². The van der Waals surface area contributed by atoms with Crippen LogP contribution in [0.4, 0.5) is 4.39 Å². The van der Waals surface area contributed by atoms with Gasteiger partial charge in [-0.3, -0.25) is 0 Å². The number of ether oxygens (including phenoxy) is 1. The monoisotopic (exact) mass is 273 g/mol. The third-order valence-corrected chi connectivity index (χ3v) is 3.70. The smallest absolute Gasteiger partial charge is 0.123 e. The highest BCUT2D eigenvalue weighted by atomic mass is 32.2. The Labute approximate surface area is 115 Å². The van der Waals surface area contributed by atoms with Crippen LogP contribution in [0, 0.1) is 17.1 Å². The van der Waals surface area contributed by atoms with Gasteiger partial charge in [0.05, 0.1) is 19.6 Å². The van der Waals surface area contributed by atoms with E-state index in [1.165, 1.54) is 23.9 Å². The molecule has 0 spiro atoms.